The van der Waals surface area contributed by atoms with Gasteiger partial charge in [0.05, 0.1) is 24.7 Å². The van der Waals surface area contributed by atoms with Crippen molar-refractivity contribution in [1.82, 2.24) is 10.1 Å². The van der Waals surface area contributed by atoms with Gasteiger partial charge in [0, 0.05) is 29.8 Å². The fraction of sp³-hybridized carbons (Fsp3) is 0.381. The minimum absolute atomic E-state index is 0.155. The van der Waals surface area contributed by atoms with E-state index in [0.717, 1.165) is 17.0 Å². The van der Waals surface area contributed by atoms with Crippen molar-refractivity contribution in [1.29, 1.82) is 0 Å². The summed E-state index contributed by atoms with van der Waals surface area (Å²) in [4.78, 5) is 27.3. The number of carbonyl (C=O) groups excluding carboxylic acids is 2. The number of amides is 2. The minimum atomic E-state index is -0.242. The Kier molecular flexibility index (Phi) is 6.10. The molecule has 0 spiro atoms. The summed E-state index contributed by atoms with van der Waals surface area (Å²) in [6.45, 7) is 5.72. The summed E-state index contributed by atoms with van der Waals surface area (Å²) in [6.07, 6.45) is 0. The smallest absolute Gasteiger partial charge is 0.291 e. The number of ether oxygens (including phenoxy) is 1. The first kappa shape index (κ1) is 20.5. The Hall–Kier alpha value is -2.78. The highest BCUT2D eigenvalue weighted by Crippen LogP contribution is 2.32. The van der Waals surface area contributed by atoms with Gasteiger partial charge in [0.25, 0.3) is 5.91 Å². The average Bonchev–Trinajstić information content (AvgIpc) is 3.28. The lowest BCUT2D eigenvalue weighted by molar-refractivity contribution is -0.113. The number of carbonyl (C=O) groups is 2. The number of thioether (sulfide) groups is 1. The predicted molar refractivity (Wildman–Crippen MR) is 114 cm³/mol. The summed E-state index contributed by atoms with van der Waals surface area (Å²) in [7, 11) is 0. The van der Waals surface area contributed by atoms with Crippen molar-refractivity contribution in [2.45, 2.75) is 19.6 Å². The Morgan fingerprint density at radius 2 is 1.97 bits per heavy atom. The van der Waals surface area contributed by atoms with Crippen LogP contribution < -0.4 is 5.32 Å². The van der Waals surface area contributed by atoms with Gasteiger partial charge in [-0.3, -0.25) is 9.59 Å². The van der Waals surface area contributed by atoms with Crippen molar-refractivity contribution in [3.05, 3.63) is 47.0 Å². The summed E-state index contributed by atoms with van der Waals surface area (Å²) in [6, 6.07) is 7.30. The van der Waals surface area contributed by atoms with Gasteiger partial charge in [0.15, 0.2) is 0 Å². The molecule has 1 saturated heterocycles. The van der Waals surface area contributed by atoms with E-state index in [0.29, 0.717) is 48.7 Å². The van der Waals surface area contributed by atoms with Crippen molar-refractivity contribution >= 4 is 40.2 Å². The van der Waals surface area contributed by atoms with Crippen LogP contribution in [0.15, 0.2) is 33.2 Å². The molecule has 2 aromatic heterocycles. The number of anilines is 1. The quantitative estimate of drug-likeness (QED) is 0.641. The third kappa shape index (κ3) is 4.22. The Morgan fingerprint density at radius 3 is 2.70 bits per heavy atom. The van der Waals surface area contributed by atoms with E-state index in [1.54, 1.807) is 11.0 Å². The topological polar surface area (TPSA) is 97.8 Å². The van der Waals surface area contributed by atoms with Gasteiger partial charge in [-0.05, 0) is 26.0 Å². The standard InChI is InChI=1S/C21H23N3O5S/c1-13-16(14(2)29-23-13)11-30-12-18(25)22-19-15-5-3-4-6-17(15)28-20(19)21(26)24-7-9-27-10-8-24/h3-6H,7-12H2,1-2H3,(H,22,25). The van der Waals surface area contributed by atoms with Crippen LogP contribution in [0.2, 0.25) is 0 Å². The van der Waals surface area contributed by atoms with Crippen molar-refractivity contribution in [3.63, 3.8) is 0 Å². The van der Waals surface area contributed by atoms with E-state index in [-0.39, 0.29) is 23.3 Å². The van der Waals surface area contributed by atoms with Gasteiger partial charge in [-0.2, -0.15) is 0 Å². The van der Waals surface area contributed by atoms with Crippen LogP contribution in [0.5, 0.6) is 0 Å². The second-order valence-electron chi connectivity index (χ2n) is 7.05. The number of aromatic nitrogens is 1. The molecule has 0 aliphatic carbocycles. The van der Waals surface area contributed by atoms with Crippen molar-refractivity contribution in [2.24, 2.45) is 0 Å². The maximum Gasteiger partial charge on any atom is 0.291 e. The molecular weight excluding hydrogens is 406 g/mol. The maximum absolute atomic E-state index is 13.0. The van der Waals surface area contributed by atoms with E-state index >= 15 is 0 Å². The number of aryl methyl sites for hydroxylation is 2. The lowest BCUT2D eigenvalue weighted by Gasteiger charge is -2.26. The van der Waals surface area contributed by atoms with Gasteiger partial charge < -0.3 is 23.9 Å². The number of hydrogen-bond donors (Lipinski definition) is 1. The molecule has 0 unspecified atom stereocenters. The molecule has 1 aromatic carbocycles. The molecule has 3 aromatic rings. The lowest BCUT2D eigenvalue weighted by atomic mass is 10.2. The molecule has 8 nitrogen and oxygen atoms in total. The zero-order chi connectivity index (χ0) is 21.1. The Bertz CT molecular complexity index is 1050. The molecule has 0 radical (unpaired) electrons. The number of rotatable bonds is 6. The van der Waals surface area contributed by atoms with Crippen LogP contribution in [0.25, 0.3) is 11.0 Å². The second kappa shape index (κ2) is 8.93. The molecule has 9 heteroatoms. The third-order valence-electron chi connectivity index (χ3n) is 5.01. The summed E-state index contributed by atoms with van der Waals surface area (Å²) in [5.41, 5.74) is 2.82. The highest BCUT2D eigenvalue weighted by atomic mass is 32.2. The van der Waals surface area contributed by atoms with Crippen LogP contribution >= 0.6 is 11.8 Å². The monoisotopic (exact) mass is 429 g/mol. The fourth-order valence-electron chi connectivity index (χ4n) is 3.36. The zero-order valence-corrected chi connectivity index (χ0v) is 17.7. The van der Waals surface area contributed by atoms with Crippen LogP contribution in [-0.2, 0) is 15.3 Å². The summed E-state index contributed by atoms with van der Waals surface area (Å²) in [5.74, 6) is 1.33. The molecule has 2 amide bonds. The summed E-state index contributed by atoms with van der Waals surface area (Å²) < 4.78 is 16.3. The average molecular weight is 429 g/mol. The SMILES string of the molecule is Cc1noc(C)c1CSCC(=O)Nc1c(C(=O)N2CCOCC2)oc2ccccc12. The number of fused-ring (bicyclic) bond motifs is 1. The van der Waals surface area contributed by atoms with Crippen LogP contribution in [0, 0.1) is 13.8 Å². The highest BCUT2D eigenvalue weighted by molar-refractivity contribution is 7.99. The molecule has 0 saturated carbocycles. The summed E-state index contributed by atoms with van der Waals surface area (Å²) in [5, 5.41) is 7.53. The molecule has 1 fully saturated rings. The first-order valence-corrected chi connectivity index (χ1v) is 10.9. The molecule has 158 valence electrons. The molecule has 0 atom stereocenters. The van der Waals surface area contributed by atoms with Crippen LogP contribution in [0.3, 0.4) is 0 Å². The first-order valence-electron chi connectivity index (χ1n) is 9.72. The number of hydrogen-bond acceptors (Lipinski definition) is 7. The number of para-hydroxylation sites is 1. The van der Waals surface area contributed by atoms with Crippen LogP contribution in [0.4, 0.5) is 5.69 Å². The van der Waals surface area contributed by atoms with E-state index in [1.165, 1.54) is 11.8 Å². The van der Waals surface area contributed by atoms with Gasteiger partial charge >= 0.3 is 0 Å². The molecule has 1 aliphatic heterocycles. The van der Waals surface area contributed by atoms with E-state index in [4.69, 9.17) is 13.7 Å². The number of benzene rings is 1. The van der Waals surface area contributed by atoms with E-state index in [1.807, 2.05) is 32.0 Å². The number of furan rings is 1. The number of nitrogens with one attached hydrogen (secondary N) is 1. The molecule has 1 N–H and O–H groups in total. The van der Waals surface area contributed by atoms with Gasteiger partial charge in [0.1, 0.15) is 17.0 Å². The van der Waals surface area contributed by atoms with Crippen LogP contribution in [0.1, 0.15) is 27.6 Å². The lowest BCUT2D eigenvalue weighted by Crippen LogP contribution is -2.40. The fourth-order valence-corrected chi connectivity index (χ4v) is 4.34. The zero-order valence-electron chi connectivity index (χ0n) is 16.9. The minimum Gasteiger partial charge on any atom is -0.449 e. The molecular formula is C21H23N3O5S. The van der Waals surface area contributed by atoms with Crippen molar-refractivity contribution in [3.8, 4) is 0 Å². The second-order valence-corrected chi connectivity index (χ2v) is 8.04. The Balaban J connectivity index is 1.49. The molecule has 3 heterocycles. The van der Waals surface area contributed by atoms with E-state index in [2.05, 4.69) is 10.5 Å². The largest absolute Gasteiger partial charge is 0.449 e. The molecule has 1 aliphatic rings. The van der Waals surface area contributed by atoms with Gasteiger partial charge in [-0.1, -0.05) is 17.3 Å². The van der Waals surface area contributed by atoms with Gasteiger partial charge in [-0.25, -0.2) is 0 Å². The van der Waals surface area contributed by atoms with E-state index in [9.17, 15) is 9.59 Å². The number of nitrogens with zero attached hydrogens (tertiary/aromatic N) is 2. The Morgan fingerprint density at radius 1 is 1.20 bits per heavy atom. The first-order chi connectivity index (χ1) is 14.5. The van der Waals surface area contributed by atoms with Crippen molar-refractivity contribution < 1.29 is 23.3 Å². The van der Waals surface area contributed by atoms with Gasteiger partial charge in [-0.15, -0.1) is 11.8 Å². The van der Waals surface area contributed by atoms with E-state index < -0.39 is 0 Å². The maximum atomic E-state index is 13.0. The third-order valence-corrected chi connectivity index (χ3v) is 5.97. The Labute approximate surface area is 177 Å². The van der Waals surface area contributed by atoms with Crippen LogP contribution in [-0.4, -0.2) is 53.9 Å². The van der Waals surface area contributed by atoms with Crippen molar-refractivity contribution in [2.75, 3.05) is 37.4 Å². The molecule has 4 rings (SSSR count). The number of morpholine rings is 1. The highest BCUT2D eigenvalue weighted by Gasteiger charge is 2.27. The molecule has 0 bridgehead atoms. The normalized spacial score (nSPS) is 14.3. The van der Waals surface area contributed by atoms with Gasteiger partial charge in [0.2, 0.25) is 11.7 Å². The predicted octanol–water partition coefficient (Wildman–Crippen LogP) is 3.38. The summed E-state index contributed by atoms with van der Waals surface area (Å²) >= 11 is 1.46. The molecule has 30 heavy (non-hydrogen) atoms.